The molecule has 0 saturated carbocycles. The van der Waals surface area contributed by atoms with Crippen LogP contribution in [0.2, 0.25) is 0 Å². The molecule has 1 N–H and O–H groups in total. The Hall–Kier alpha value is -1.12. The third-order valence-corrected chi connectivity index (χ3v) is 3.99. The van der Waals surface area contributed by atoms with Crippen LogP contribution in [0.1, 0.15) is 24.9 Å². The molecular weight excluding hydrogens is 311 g/mol. The molecule has 2 atom stereocenters. The molecule has 1 aliphatic heterocycles. The van der Waals surface area contributed by atoms with Crippen molar-refractivity contribution < 1.29 is 23.0 Å². The maximum Gasteiger partial charge on any atom is 0.434 e. The zero-order valence-electron chi connectivity index (χ0n) is 13.5. The maximum atomic E-state index is 12.7. The summed E-state index contributed by atoms with van der Waals surface area (Å²) in [5, 5.41) is 9.82. The zero-order chi connectivity index (χ0) is 17.0. The molecule has 0 fully saturated rings. The second-order valence-electron chi connectivity index (χ2n) is 6.13. The van der Waals surface area contributed by atoms with Gasteiger partial charge in [0.05, 0.1) is 12.7 Å². The van der Waals surface area contributed by atoms with Gasteiger partial charge in [-0.1, -0.05) is 0 Å². The summed E-state index contributed by atoms with van der Waals surface area (Å²) in [6, 6.07) is 0. The number of alkyl halides is 3. The molecule has 8 heteroatoms. The van der Waals surface area contributed by atoms with E-state index in [1.54, 1.807) is 4.57 Å². The normalized spacial score (nSPS) is 19.9. The van der Waals surface area contributed by atoms with Gasteiger partial charge in [-0.3, -0.25) is 0 Å². The topological polar surface area (TPSA) is 50.5 Å². The first kappa shape index (κ1) is 18.2. The summed E-state index contributed by atoms with van der Waals surface area (Å²) in [5.41, 5.74) is -0.811. The minimum atomic E-state index is -4.39. The first-order chi connectivity index (χ1) is 10.8. The summed E-state index contributed by atoms with van der Waals surface area (Å²) in [5.74, 6) is 0.759. The average molecular weight is 335 g/mol. The number of hydrogen-bond donors (Lipinski definition) is 1. The number of likely N-dealkylation sites (N-methyl/N-ethyl adjacent to an activating group) is 1. The summed E-state index contributed by atoms with van der Waals surface area (Å²) in [6.07, 6.45) is -2.48. The number of hydrogen-bond acceptors (Lipinski definition) is 4. The number of rotatable bonds is 7. The molecule has 1 aliphatic rings. The van der Waals surface area contributed by atoms with Gasteiger partial charge in [0.15, 0.2) is 5.69 Å². The molecule has 5 nitrogen and oxygen atoms in total. The van der Waals surface area contributed by atoms with Crippen LogP contribution in [0.25, 0.3) is 0 Å². The third-order valence-electron chi connectivity index (χ3n) is 3.99. The van der Waals surface area contributed by atoms with Crippen molar-refractivity contribution >= 4 is 0 Å². The Morgan fingerprint density at radius 1 is 1.52 bits per heavy atom. The van der Waals surface area contributed by atoms with Crippen LogP contribution in [0.3, 0.4) is 0 Å². The highest BCUT2D eigenvalue weighted by atomic mass is 19.4. The smallest absolute Gasteiger partial charge is 0.389 e. The van der Waals surface area contributed by atoms with Crippen molar-refractivity contribution in [2.45, 2.75) is 38.6 Å². The van der Waals surface area contributed by atoms with Gasteiger partial charge in [-0.2, -0.15) is 13.2 Å². The first-order valence-electron chi connectivity index (χ1n) is 7.87. The van der Waals surface area contributed by atoms with Crippen LogP contribution in [0.5, 0.6) is 0 Å². The van der Waals surface area contributed by atoms with Gasteiger partial charge in [-0.25, -0.2) is 4.98 Å². The number of aliphatic hydroxyl groups is 1. The molecule has 2 heterocycles. The highest BCUT2D eigenvalue weighted by molar-refractivity contribution is 5.09. The highest BCUT2D eigenvalue weighted by Crippen LogP contribution is 2.30. The lowest BCUT2D eigenvalue weighted by Gasteiger charge is -2.29. The van der Waals surface area contributed by atoms with Gasteiger partial charge in [0.2, 0.25) is 0 Å². The summed E-state index contributed by atoms with van der Waals surface area (Å²) in [7, 11) is 1.90. The van der Waals surface area contributed by atoms with Crippen LogP contribution in [0.4, 0.5) is 13.2 Å². The predicted octanol–water partition coefficient (Wildman–Crippen LogP) is 1.79. The Morgan fingerprint density at radius 3 is 2.91 bits per heavy atom. The fourth-order valence-corrected chi connectivity index (χ4v) is 2.98. The number of fused-ring (bicyclic) bond motifs is 1. The zero-order valence-corrected chi connectivity index (χ0v) is 13.5. The Morgan fingerprint density at radius 2 is 2.26 bits per heavy atom. The van der Waals surface area contributed by atoms with Crippen molar-refractivity contribution in [3.05, 3.63) is 17.7 Å². The lowest BCUT2D eigenvalue weighted by atomic mass is 9.99. The maximum absolute atomic E-state index is 12.7. The molecule has 0 saturated heterocycles. The molecule has 0 aliphatic carbocycles. The quantitative estimate of drug-likeness (QED) is 0.825. The number of halogens is 3. The Bertz CT molecular complexity index is 505. The van der Waals surface area contributed by atoms with Crippen molar-refractivity contribution in [2.24, 2.45) is 5.92 Å². The molecule has 132 valence electrons. The fourth-order valence-electron chi connectivity index (χ4n) is 2.98. The van der Waals surface area contributed by atoms with E-state index in [0.717, 1.165) is 19.2 Å². The minimum absolute atomic E-state index is 0.252. The molecular formula is C15H24F3N3O2. The van der Waals surface area contributed by atoms with E-state index in [1.807, 2.05) is 18.9 Å². The largest absolute Gasteiger partial charge is 0.434 e. The SMILES string of the molecule is CCOCC(O)CN(C)CC1CCc2nc(C(F)(F)F)cn2C1. The van der Waals surface area contributed by atoms with Crippen LogP contribution in [-0.4, -0.2) is 59.0 Å². The van der Waals surface area contributed by atoms with Crippen LogP contribution < -0.4 is 0 Å². The number of aliphatic hydroxyl groups excluding tert-OH is 1. The van der Waals surface area contributed by atoms with Gasteiger partial charge in [0, 0.05) is 38.9 Å². The van der Waals surface area contributed by atoms with E-state index in [2.05, 4.69) is 4.98 Å². The average Bonchev–Trinajstić information content (AvgIpc) is 2.88. The molecule has 0 amide bonds. The summed E-state index contributed by atoms with van der Waals surface area (Å²) in [6.45, 7) is 4.48. The Balaban J connectivity index is 1.86. The van der Waals surface area contributed by atoms with E-state index in [9.17, 15) is 18.3 Å². The minimum Gasteiger partial charge on any atom is -0.389 e. The van der Waals surface area contributed by atoms with Crippen molar-refractivity contribution in [3.8, 4) is 0 Å². The van der Waals surface area contributed by atoms with Crippen molar-refractivity contribution in [1.29, 1.82) is 0 Å². The molecule has 1 aromatic heterocycles. The summed E-state index contributed by atoms with van der Waals surface area (Å²) < 4.78 is 44.9. The van der Waals surface area contributed by atoms with Gasteiger partial charge in [-0.15, -0.1) is 0 Å². The predicted molar refractivity (Wildman–Crippen MR) is 79.0 cm³/mol. The first-order valence-corrected chi connectivity index (χ1v) is 7.87. The molecule has 1 aromatic rings. The van der Waals surface area contributed by atoms with E-state index in [0.29, 0.717) is 38.5 Å². The second-order valence-corrected chi connectivity index (χ2v) is 6.13. The number of aryl methyl sites for hydroxylation is 1. The Labute approximate surface area is 134 Å². The molecule has 0 bridgehead atoms. The monoisotopic (exact) mass is 335 g/mol. The number of imidazole rings is 1. The van der Waals surface area contributed by atoms with Gasteiger partial charge in [0.25, 0.3) is 0 Å². The van der Waals surface area contributed by atoms with Crippen molar-refractivity contribution in [2.75, 3.05) is 33.4 Å². The van der Waals surface area contributed by atoms with Gasteiger partial charge in [-0.05, 0) is 26.3 Å². The lowest BCUT2D eigenvalue weighted by molar-refractivity contribution is -0.141. The molecule has 2 unspecified atom stereocenters. The summed E-state index contributed by atoms with van der Waals surface area (Å²) in [4.78, 5) is 5.69. The van der Waals surface area contributed by atoms with E-state index in [-0.39, 0.29) is 5.92 Å². The Kier molecular flexibility index (Phi) is 6.05. The van der Waals surface area contributed by atoms with Gasteiger partial charge in [0.1, 0.15) is 5.82 Å². The van der Waals surface area contributed by atoms with Gasteiger partial charge < -0.3 is 19.3 Å². The van der Waals surface area contributed by atoms with E-state index < -0.39 is 18.0 Å². The molecule has 0 spiro atoms. The van der Waals surface area contributed by atoms with Crippen LogP contribution >= 0.6 is 0 Å². The van der Waals surface area contributed by atoms with Crippen molar-refractivity contribution in [3.63, 3.8) is 0 Å². The molecule has 23 heavy (non-hydrogen) atoms. The van der Waals surface area contributed by atoms with E-state index in [4.69, 9.17) is 4.74 Å². The second kappa shape index (κ2) is 7.63. The fraction of sp³-hybridized carbons (Fsp3) is 0.800. The molecule has 0 aromatic carbocycles. The third kappa shape index (κ3) is 5.19. The molecule has 2 rings (SSSR count). The molecule has 0 radical (unpaired) electrons. The van der Waals surface area contributed by atoms with E-state index >= 15 is 0 Å². The van der Waals surface area contributed by atoms with Gasteiger partial charge >= 0.3 is 6.18 Å². The lowest BCUT2D eigenvalue weighted by Crippen LogP contribution is -2.37. The standard InChI is InChI=1S/C15H24F3N3O2/c1-3-23-10-12(22)8-20(2)6-11-4-5-14-19-13(15(16,17)18)9-21(14)7-11/h9,11-12,22H,3-8,10H2,1-2H3. The van der Waals surface area contributed by atoms with E-state index in [1.165, 1.54) is 0 Å². The van der Waals surface area contributed by atoms with Crippen LogP contribution in [0, 0.1) is 5.92 Å². The number of nitrogens with zero attached hydrogens (tertiary/aromatic N) is 3. The highest BCUT2D eigenvalue weighted by Gasteiger charge is 2.35. The van der Waals surface area contributed by atoms with Crippen molar-refractivity contribution in [1.82, 2.24) is 14.5 Å². The number of aromatic nitrogens is 2. The van der Waals surface area contributed by atoms with Crippen LogP contribution in [0.15, 0.2) is 6.20 Å². The summed E-state index contributed by atoms with van der Waals surface area (Å²) >= 11 is 0. The van der Waals surface area contributed by atoms with Crippen LogP contribution in [-0.2, 0) is 23.9 Å². The number of ether oxygens (including phenoxy) is 1.